The summed E-state index contributed by atoms with van der Waals surface area (Å²) in [7, 11) is 0. The van der Waals surface area contributed by atoms with Crippen LogP contribution in [0.1, 0.15) is 36.8 Å². The van der Waals surface area contributed by atoms with E-state index in [1.165, 1.54) is 36.1 Å². The molecule has 3 aliphatic rings. The van der Waals surface area contributed by atoms with Crippen LogP contribution in [0, 0.1) is 6.92 Å². The van der Waals surface area contributed by atoms with Crippen molar-refractivity contribution in [3.05, 3.63) is 29.3 Å². The lowest BCUT2D eigenvalue weighted by Crippen LogP contribution is -2.50. The zero-order valence-corrected chi connectivity index (χ0v) is 17.6. The molecule has 8 heteroatoms. The SMILES string of the molecule is Cc1c(CN2CCN(C(=O)ON3CCC(=O)C3=O)CC2)cccc1N1CCCCC1. The topological polar surface area (TPSA) is 73.4 Å². The predicted octanol–water partition coefficient (Wildman–Crippen LogP) is 1.96. The molecule has 0 radical (unpaired) electrons. The Hall–Kier alpha value is -2.61. The van der Waals surface area contributed by atoms with Gasteiger partial charge in [-0.2, -0.15) is 5.06 Å². The highest BCUT2D eigenvalue weighted by molar-refractivity contribution is 6.37. The van der Waals surface area contributed by atoms with E-state index < -0.39 is 17.8 Å². The van der Waals surface area contributed by atoms with E-state index >= 15 is 0 Å². The maximum atomic E-state index is 12.3. The lowest BCUT2D eigenvalue weighted by atomic mass is 10.0. The molecular weight excluding hydrogens is 384 g/mol. The van der Waals surface area contributed by atoms with Gasteiger partial charge in [-0.1, -0.05) is 12.1 Å². The molecule has 30 heavy (non-hydrogen) atoms. The number of carbonyl (C=O) groups is 3. The minimum atomic E-state index is -0.731. The second-order valence-electron chi connectivity index (χ2n) is 8.31. The molecule has 0 spiro atoms. The van der Waals surface area contributed by atoms with Gasteiger partial charge < -0.3 is 14.6 Å². The van der Waals surface area contributed by atoms with E-state index in [1.54, 1.807) is 4.90 Å². The highest BCUT2D eigenvalue weighted by atomic mass is 16.7. The van der Waals surface area contributed by atoms with Crippen molar-refractivity contribution in [3.8, 4) is 0 Å². The number of rotatable bonds is 4. The van der Waals surface area contributed by atoms with E-state index in [-0.39, 0.29) is 13.0 Å². The number of Topliss-reactive ketones (excluding diaryl/α,β-unsaturated/α-hetero) is 1. The monoisotopic (exact) mass is 414 g/mol. The van der Waals surface area contributed by atoms with Gasteiger partial charge in [-0.05, 0) is 43.4 Å². The van der Waals surface area contributed by atoms with Crippen LogP contribution in [0.15, 0.2) is 18.2 Å². The standard InChI is InChI=1S/C22H30N4O4/c1-17-18(6-5-7-19(17)24-9-3-2-4-10-24)16-23-12-14-25(15-13-23)22(29)30-26-11-8-20(27)21(26)28/h5-7H,2-4,8-16H2,1H3. The van der Waals surface area contributed by atoms with Crippen molar-refractivity contribution >= 4 is 23.5 Å². The summed E-state index contributed by atoms with van der Waals surface area (Å²) in [5, 5.41) is 0.881. The van der Waals surface area contributed by atoms with Crippen LogP contribution in [-0.2, 0) is 21.0 Å². The second kappa shape index (κ2) is 9.04. The number of piperazine rings is 1. The molecule has 162 valence electrons. The average Bonchev–Trinajstić information content (AvgIpc) is 3.08. The van der Waals surface area contributed by atoms with Gasteiger partial charge in [0.05, 0.1) is 6.54 Å². The van der Waals surface area contributed by atoms with Crippen LogP contribution >= 0.6 is 0 Å². The number of ketones is 1. The van der Waals surface area contributed by atoms with Gasteiger partial charge in [0.1, 0.15) is 0 Å². The summed E-state index contributed by atoms with van der Waals surface area (Å²) >= 11 is 0. The fourth-order valence-corrected chi connectivity index (χ4v) is 4.44. The number of hydroxylamine groups is 2. The van der Waals surface area contributed by atoms with Crippen molar-refractivity contribution < 1.29 is 19.2 Å². The molecular formula is C22H30N4O4. The fourth-order valence-electron chi connectivity index (χ4n) is 4.44. The lowest BCUT2D eigenvalue weighted by Gasteiger charge is -2.35. The maximum Gasteiger partial charge on any atom is 0.434 e. The van der Waals surface area contributed by atoms with E-state index in [2.05, 4.69) is 34.9 Å². The first-order valence-electron chi connectivity index (χ1n) is 10.9. The van der Waals surface area contributed by atoms with Gasteiger partial charge in [-0.3, -0.25) is 14.5 Å². The molecule has 3 heterocycles. The van der Waals surface area contributed by atoms with Gasteiger partial charge in [0.25, 0.3) is 0 Å². The molecule has 0 unspecified atom stereocenters. The van der Waals surface area contributed by atoms with E-state index in [9.17, 15) is 14.4 Å². The summed E-state index contributed by atoms with van der Waals surface area (Å²) < 4.78 is 0. The number of hydrogen-bond donors (Lipinski definition) is 0. The average molecular weight is 415 g/mol. The first-order valence-corrected chi connectivity index (χ1v) is 10.9. The Labute approximate surface area is 177 Å². The van der Waals surface area contributed by atoms with Crippen LogP contribution in [0.3, 0.4) is 0 Å². The number of piperidine rings is 1. The number of benzene rings is 1. The Morgan fingerprint density at radius 3 is 2.37 bits per heavy atom. The van der Waals surface area contributed by atoms with E-state index in [1.807, 2.05) is 0 Å². The van der Waals surface area contributed by atoms with Crippen LogP contribution in [-0.4, -0.2) is 78.5 Å². The van der Waals surface area contributed by atoms with Gasteiger partial charge in [0.2, 0.25) is 5.78 Å². The molecule has 3 fully saturated rings. The lowest BCUT2D eigenvalue weighted by molar-refractivity contribution is -0.164. The number of anilines is 1. The predicted molar refractivity (Wildman–Crippen MR) is 112 cm³/mol. The molecule has 0 bridgehead atoms. The smallest absolute Gasteiger partial charge is 0.371 e. The van der Waals surface area contributed by atoms with Crippen LogP contribution in [0.5, 0.6) is 0 Å². The minimum absolute atomic E-state index is 0.107. The Morgan fingerprint density at radius 2 is 1.70 bits per heavy atom. The van der Waals surface area contributed by atoms with Crippen molar-refractivity contribution in [2.24, 2.45) is 0 Å². The fraction of sp³-hybridized carbons (Fsp3) is 0.591. The van der Waals surface area contributed by atoms with E-state index in [4.69, 9.17) is 4.84 Å². The highest BCUT2D eigenvalue weighted by Crippen LogP contribution is 2.27. The molecule has 3 aliphatic heterocycles. The summed E-state index contributed by atoms with van der Waals surface area (Å²) in [5.74, 6) is -1.24. The normalized spacial score (nSPS) is 20.8. The zero-order valence-electron chi connectivity index (χ0n) is 17.6. The zero-order chi connectivity index (χ0) is 21.1. The van der Waals surface area contributed by atoms with Crippen LogP contribution in [0.4, 0.5) is 10.5 Å². The third kappa shape index (κ3) is 4.43. The Bertz CT molecular complexity index is 813. The van der Waals surface area contributed by atoms with Crippen LogP contribution < -0.4 is 4.90 Å². The molecule has 4 rings (SSSR count). The first-order chi connectivity index (χ1) is 14.5. The van der Waals surface area contributed by atoms with Gasteiger partial charge in [-0.15, -0.1) is 0 Å². The number of amides is 2. The minimum Gasteiger partial charge on any atom is -0.371 e. The van der Waals surface area contributed by atoms with E-state index in [0.717, 1.165) is 37.8 Å². The van der Waals surface area contributed by atoms with Crippen LogP contribution in [0.2, 0.25) is 0 Å². The number of carbonyl (C=O) groups excluding carboxylic acids is 3. The Kier molecular flexibility index (Phi) is 6.22. The van der Waals surface area contributed by atoms with Gasteiger partial charge in [0, 0.05) is 57.9 Å². The second-order valence-corrected chi connectivity index (χ2v) is 8.31. The highest BCUT2D eigenvalue weighted by Gasteiger charge is 2.34. The molecule has 1 aromatic carbocycles. The third-order valence-electron chi connectivity index (χ3n) is 6.33. The summed E-state index contributed by atoms with van der Waals surface area (Å²) in [4.78, 5) is 46.8. The summed E-state index contributed by atoms with van der Waals surface area (Å²) in [5.41, 5.74) is 4.02. The van der Waals surface area contributed by atoms with Crippen LogP contribution in [0.25, 0.3) is 0 Å². The molecule has 3 saturated heterocycles. The van der Waals surface area contributed by atoms with Crippen molar-refractivity contribution in [1.82, 2.24) is 14.9 Å². The van der Waals surface area contributed by atoms with Gasteiger partial charge >= 0.3 is 12.0 Å². The molecule has 0 aliphatic carbocycles. The van der Waals surface area contributed by atoms with Crippen molar-refractivity contribution in [2.75, 3.05) is 50.7 Å². The first kappa shape index (κ1) is 20.7. The molecule has 0 saturated carbocycles. The molecule has 2 amide bonds. The molecule has 0 atom stereocenters. The number of nitrogens with zero attached hydrogens (tertiary/aromatic N) is 4. The summed E-state index contributed by atoms with van der Waals surface area (Å²) in [6.45, 7) is 8.06. The summed E-state index contributed by atoms with van der Waals surface area (Å²) in [6, 6.07) is 6.57. The third-order valence-corrected chi connectivity index (χ3v) is 6.33. The van der Waals surface area contributed by atoms with E-state index in [0.29, 0.717) is 13.1 Å². The quantitative estimate of drug-likeness (QED) is 0.702. The molecule has 8 nitrogen and oxygen atoms in total. The summed E-state index contributed by atoms with van der Waals surface area (Å²) in [6.07, 6.45) is 3.40. The van der Waals surface area contributed by atoms with Gasteiger partial charge in [0.15, 0.2) is 0 Å². The van der Waals surface area contributed by atoms with Crippen molar-refractivity contribution in [3.63, 3.8) is 0 Å². The Balaban J connectivity index is 1.30. The van der Waals surface area contributed by atoms with Crippen molar-refractivity contribution in [2.45, 2.75) is 39.2 Å². The number of hydrogen-bond acceptors (Lipinski definition) is 6. The molecule has 1 aromatic rings. The molecule has 0 aromatic heterocycles. The molecule has 0 N–H and O–H groups in total. The largest absolute Gasteiger partial charge is 0.434 e. The van der Waals surface area contributed by atoms with Crippen molar-refractivity contribution in [1.29, 1.82) is 0 Å². The van der Waals surface area contributed by atoms with Gasteiger partial charge in [-0.25, -0.2) is 4.79 Å². The Morgan fingerprint density at radius 1 is 0.967 bits per heavy atom. The maximum absolute atomic E-state index is 12.3.